The molecule has 0 aliphatic carbocycles. The fourth-order valence-electron chi connectivity index (χ4n) is 3.51. The van der Waals surface area contributed by atoms with Crippen LogP contribution < -0.4 is 5.32 Å². The molecule has 30 heavy (non-hydrogen) atoms. The standard InChI is InChI=1S/C24H18Cl2N2O2/c25-17-10-11-20-18(12-17)22(15-6-2-1-3-7-15)23(24(29)30)21(28-20)14-27-13-16-8-4-5-9-19(16)26/h1-12,27H,13-14H2,(H,29,30). The molecule has 0 spiro atoms. The molecule has 0 amide bonds. The summed E-state index contributed by atoms with van der Waals surface area (Å²) in [6.45, 7) is 0.783. The summed E-state index contributed by atoms with van der Waals surface area (Å²) < 4.78 is 0. The highest BCUT2D eigenvalue weighted by molar-refractivity contribution is 6.31. The maximum Gasteiger partial charge on any atom is 0.338 e. The number of carboxylic acid groups (broad SMARTS) is 1. The van der Waals surface area contributed by atoms with Gasteiger partial charge in [0.05, 0.1) is 16.8 Å². The zero-order valence-electron chi connectivity index (χ0n) is 15.9. The van der Waals surface area contributed by atoms with Gasteiger partial charge in [-0.25, -0.2) is 4.79 Å². The van der Waals surface area contributed by atoms with E-state index in [0.717, 1.165) is 11.1 Å². The summed E-state index contributed by atoms with van der Waals surface area (Å²) >= 11 is 12.4. The van der Waals surface area contributed by atoms with Crippen LogP contribution in [-0.2, 0) is 13.1 Å². The first-order chi connectivity index (χ1) is 14.5. The number of hydrogen-bond acceptors (Lipinski definition) is 3. The summed E-state index contributed by atoms with van der Waals surface area (Å²) in [6.07, 6.45) is 0. The molecule has 0 saturated heterocycles. The topological polar surface area (TPSA) is 62.2 Å². The maximum absolute atomic E-state index is 12.3. The van der Waals surface area contributed by atoms with Crippen LogP contribution in [0.4, 0.5) is 0 Å². The van der Waals surface area contributed by atoms with Crippen molar-refractivity contribution in [2.75, 3.05) is 0 Å². The molecule has 4 rings (SSSR count). The average Bonchev–Trinajstić information content (AvgIpc) is 2.74. The lowest BCUT2D eigenvalue weighted by atomic mass is 9.94. The maximum atomic E-state index is 12.3. The second kappa shape index (κ2) is 8.84. The summed E-state index contributed by atoms with van der Waals surface area (Å²) in [5.41, 5.74) is 3.68. The van der Waals surface area contributed by atoms with E-state index in [1.807, 2.05) is 60.7 Å². The molecule has 1 heterocycles. The quantitative estimate of drug-likeness (QED) is 0.377. The third-order valence-corrected chi connectivity index (χ3v) is 5.47. The molecule has 0 saturated carbocycles. The van der Waals surface area contributed by atoms with Crippen molar-refractivity contribution in [1.29, 1.82) is 0 Å². The van der Waals surface area contributed by atoms with Crippen LogP contribution in [0.25, 0.3) is 22.0 Å². The lowest BCUT2D eigenvalue weighted by Crippen LogP contribution is -2.18. The van der Waals surface area contributed by atoms with Gasteiger partial charge < -0.3 is 10.4 Å². The predicted molar refractivity (Wildman–Crippen MR) is 121 cm³/mol. The van der Waals surface area contributed by atoms with Gasteiger partial charge in [-0.05, 0) is 35.4 Å². The third kappa shape index (κ3) is 4.17. The van der Waals surface area contributed by atoms with E-state index in [0.29, 0.717) is 38.8 Å². The molecule has 0 aliphatic rings. The number of rotatable bonds is 6. The second-order valence-electron chi connectivity index (χ2n) is 6.84. The molecule has 0 fully saturated rings. The summed E-state index contributed by atoms with van der Waals surface area (Å²) in [4.78, 5) is 17.0. The minimum atomic E-state index is -1.03. The van der Waals surface area contributed by atoms with Crippen molar-refractivity contribution in [3.05, 3.63) is 99.7 Å². The van der Waals surface area contributed by atoms with Crippen molar-refractivity contribution in [3.63, 3.8) is 0 Å². The first-order valence-electron chi connectivity index (χ1n) is 9.39. The van der Waals surface area contributed by atoms with Crippen LogP contribution in [0.1, 0.15) is 21.6 Å². The SMILES string of the molecule is O=C(O)c1c(CNCc2ccccc2Cl)nc2ccc(Cl)cc2c1-c1ccccc1. The van der Waals surface area contributed by atoms with Gasteiger partial charge in [-0.15, -0.1) is 0 Å². The number of carboxylic acids is 1. The fraction of sp³-hybridized carbons (Fsp3) is 0.0833. The number of nitrogens with one attached hydrogen (secondary N) is 1. The van der Waals surface area contributed by atoms with Crippen molar-refractivity contribution >= 4 is 40.1 Å². The molecule has 2 N–H and O–H groups in total. The molecule has 0 atom stereocenters. The van der Waals surface area contributed by atoms with Crippen LogP contribution in [0.3, 0.4) is 0 Å². The van der Waals surface area contributed by atoms with E-state index in [1.165, 1.54) is 0 Å². The molecular weight excluding hydrogens is 419 g/mol. The van der Waals surface area contributed by atoms with Gasteiger partial charge in [0.2, 0.25) is 0 Å². The van der Waals surface area contributed by atoms with Crippen LogP contribution in [-0.4, -0.2) is 16.1 Å². The molecule has 0 aliphatic heterocycles. The normalized spacial score (nSPS) is 11.0. The zero-order chi connectivity index (χ0) is 21.1. The highest BCUT2D eigenvalue weighted by atomic mass is 35.5. The lowest BCUT2D eigenvalue weighted by molar-refractivity contribution is 0.0696. The van der Waals surface area contributed by atoms with Gasteiger partial charge in [-0.3, -0.25) is 4.98 Å². The first kappa shape index (κ1) is 20.4. The molecule has 4 aromatic rings. The summed E-state index contributed by atoms with van der Waals surface area (Å²) in [5.74, 6) is -1.03. The van der Waals surface area contributed by atoms with E-state index in [2.05, 4.69) is 10.3 Å². The van der Waals surface area contributed by atoms with Crippen molar-refractivity contribution < 1.29 is 9.90 Å². The van der Waals surface area contributed by atoms with E-state index >= 15 is 0 Å². The molecule has 0 unspecified atom stereocenters. The van der Waals surface area contributed by atoms with Crippen LogP contribution in [0.5, 0.6) is 0 Å². The molecule has 6 heteroatoms. The summed E-state index contributed by atoms with van der Waals surface area (Å²) in [7, 11) is 0. The Bertz CT molecular complexity index is 1230. The number of carbonyl (C=O) groups is 1. The first-order valence-corrected chi connectivity index (χ1v) is 10.1. The van der Waals surface area contributed by atoms with E-state index in [9.17, 15) is 9.90 Å². The van der Waals surface area contributed by atoms with E-state index in [1.54, 1.807) is 12.1 Å². The minimum Gasteiger partial charge on any atom is -0.478 e. The van der Waals surface area contributed by atoms with E-state index in [4.69, 9.17) is 23.2 Å². The van der Waals surface area contributed by atoms with E-state index in [-0.39, 0.29) is 12.1 Å². The third-order valence-electron chi connectivity index (χ3n) is 4.86. The Morgan fingerprint density at radius 3 is 2.40 bits per heavy atom. The number of aromatic carboxylic acids is 1. The van der Waals surface area contributed by atoms with Gasteiger partial charge in [0, 0.05) is 34.1 Å². The largest absolute Gasteiger partial charge is 0.478 e. The smallest absolute Gasteiger partial charge is 0.338 e. The Labute approximate surface area is 184 Å². The van der Waals surface area contributed by atoms with Gasteiger partial charge >= 0.3 is 5.97 Å². The Kier molecular flexibility index (Phi) is 6.00. The molecule has 4 nitrogen and oxygen atoms in total. The van der Waals surface area contributed by atoms with Gasteiger partial charge in [0.1, 0.15) is 0 Å². The minimum absolute atomic E-state index is 0.169. The number of aromatic nitrogens is 1. The van der Waals surface area contributed by atoms with Crippen LogP contribution in [0, 0.1) is 0 Å². The van der Waals surface area contributed by atoms with Gasteiger partial charge in [0.25, 0.3) is 0 Å². The molecule has 0 bridgehead atoms. The number of halogens is 2. The number of pyridine rings is 1. The number of nitrogens with zero attached hydrogens (tertiary/aromatic N) is 1. The molecule has 3 aromatic carbocycles. The highest BCUT2D eigenvalue weighted by Crippen LogP contribution is 2.34. The monoisotopic (exact) mass is 436 g/mol. The number of hydrogen-bond donors (Lipinski definition) is 2. The summed E-state index contributed by atoms with van der Waals surface area (Å²) in [6, 6.07) is 22.3. The van der Waals surface area contributed by atoms with Gasteiger partial charge in [-0.1, -0.05) is 71.7 Å². The van der Waals surface area contributed by atoms with Crippen LogP contribution in [0.15, 0.2) is 72.8 Å². The predicted octanol–water partition coefficient (Wildman–Crippen LogP) is 6.20. The van der Waals surface area contributed by atoms with Crippen LogP contribution >= 0.6 is 23.2 Å². The second-order valence-corrected chi connectivity index (χ2v) is 7.68. The fourth-order valence-corrected chi connectivity index (χ4v) is 3.88. The highest BCUT2D eigenvalue weighted by Gasteiger charge is 2.22. The zero-order valence-corrected chi connectivity index (χ0v) is 17.4. The Morgan fingerprint density at radius 1 is 0.933 bits per heavy atom. The van der Waals surface area contributed by atoms with Crippen LogP contribution in [0.2, 0.25) is 10.0 Å². The Hall–Kier alpha value is -2.92. The Morgan fingerprint density at radius 2 is 1.67 bits per heavy atom. The number of benzene rings is 3. The van der Waals surface area contributed by atoms with Crippen molar-refractivity contribution in [3.8, 4) is 11.1 Å². The Balaban J connectivity index is 1.81. The van der Waals surface area contributed by atoms with Gasteiger partial charge in [0.15, 0.2) is 0 Å². The lowest BCUT2D eigenvalue weighted by Gasteiger charge is -2.16. The van der Waals surface area contributed by atoms with E-state index < -0.39 is 5.97 Å². The average molecular weight is 437 g/mol. The van der Waals surface area contributed by atoms with Gasteiger partial charge in [-0.2, -0.15) is 0 Å². The van der Waals surface area contributed by atoms with Crippen molar-refractivity contribution in [2.24, 2.45) is 0 Å². The molecule has 1 aromatic heterocycles. The van der Waals surface area contributed by atoms with Crippen molar-refractivity contribution in [2.45, 2.75) is 13.1 Å². The molecular formula is C24H18Cl2N2O2. The molecule has 0 radical (unpaired) electrons. The molecule has 150 valence electrons. The number of fused-ring (bicyclic) bond motifs is 1. The van der Waals surface area contributed by atoms with Crippen molar-refractivity contribution in [1.82, 2.24) is 10.3 Å². The summed E-state index contributed by atoms with van der Waals surface area (Å²) in [5, 5.41) is 15.2.